The highest BCUT2D eigenvalue weighted by Gasteiger charge is 2.35. The van der Waals surface area contributed by atoms with Crippen LogP contribution in [-0.4, -0.2) is 59.7 Å². The predicted molar refractivity (Wildman–Crippen MR) is 141 cm³/mol. The number of benzene rings is 2. The first-order valence-electron chi connectivity index (χ1n) is 12.2. The molecule has 1 aliphatic heterocycles. The fourth-order valence-electron chi connectivity index (χ4n) is 4.77. The van der Waals surface area contributed by atoms with E-state index in [1.54, 1.807) is 35.0 Å². The van der Waals surface area contributed by atoms with Crippen LogP contribution in [0.2, 0.25) is 10.0 Å². The van der Waals surface area contributed by atoms with Gasteiger partial charge in [-0.3, -0.25) is 9.36 Å². The number of carbonyl (C=O) groups is 1. The van der Waals surface area contributed by atoms with Gasteiger partial charge in [-0.1, -0.05) is 23.2 Å². The number of amides is 1. The summed E-state index contributed by atoms with van der Waals surface area (Å²) in [7, 11) is 0. The van der Waals surface area contributed by atoms with Gasteiger partial charge in [0.25, 0.3) is 0 Å². The van der Waals surface area contributed by atoms with E-state index >= 15 is 0 Å². The number of hydrogen-bond acceptors (Lipinski definition) is 7. The Hall–Kier alpha value is -3.56. The van der Waals surface area contributed by atoms with Gasteiger partial charge in [0.1, 0.15) is 11.6 Å². The zero-order chi connectivity index (χ0) is 25.7. The molecule has 1 unspecified atom stereocenters. The van der Waals surface area contributed by atoms with Crippen LogP contribution in [0.4, 0.5) is 5.95 Å². The van der Waals surface area contributed by atoms with Crippen molar-refractivity contribution in [2.24, 2.45) is 5.92 Å². The maximum atomic E-state index is 12.6. The van der Waals surface area contributed by atoms with Gasteiger partial charge >= 0.3 is 0 Å². The van der Waals surface area contributed by atoms with E-state index in [0.717, 1.165) is 32.2 Å². The average molecular weight is 539 g/mol. The summed E-state index contributed by atoms with van der Waals surface area (Å²) in [6, 6.07) is 9.80. The van der Waals surface area contributed by atoms with Crippen molar-refractivity contribution in [1.29, 1.82) is 0 Å². The van der Waals surface area contributed by atoms with E-state index in [9.17, 15) is 15.0 Å². The van der Waals surface area contributed by atoms with E-state index in [1.165, 1.54) is 12.1 Å². The number of halogens is 2. The average Bonchev–Trinajstić information content (AvgIpc) is 3.68. The summed E-state index contributed by atoms with van der Waals surface area (Å²) in [4.78, 5) is 28.4. The highest BCUT2D eigenvalue weighted by molar-refractivity contribution is 6.42. The molecule has 1 saturated heterocycles. The molecule has 190 valence electrons. The molecule has 2 aromatic heterocycles. The van der Waals surface area contributed by atoms with Gasteiger partial charge in [0.2, 0.25) is 11.9 Å². The third-order valence-corrected chi connectivity index (χ3v) is 7.53. The fraction of sp³-hybridized carbons (Fsp3) is 0.308. The number of nitrogens with one attached hydrogen (secondary N) is 1. The number of piperidine rings is 1. The van der Waals surface area contributed by atoms with Crippen LogP contribution in [-0.2, 0) is 4.79 Å². The van der Waals surface area contributed by atoms with Gasteiger partial charge in [-0.2, -0.15) is 4.98 Å². The number of imidazole rings is 1. The van der Waals surface area contributed by atoms with Gasteiger partial charge in [0, 0.05) is 48.9 Å². The number of aromatic hydroxyl groups is 2. The molecule has 6 rings (SSSR count). The molecular formula is C26H24Cl2N6O3. The Balaban J connectivity index is 1.37. The molecule has 0 spiro atoms. The molecule has 2 aliphatic rings. The molecule has 1 atom stereocenters. The van der Waals surface area contributed by atoms with Crippen LogP contribution >= 0.6 is 23.2 Å². The maximum absolute atomic E-state index is 12.6. The zero-order valence-corrected chi connectivity index (χ0v) is 21.2. The minimum absolute atomic E-state index is 0.0433. The fourth-order valence-corrected chi connectivity index (χ4v) is 5.07. The molecule has 0 bridgehead atoms. The molecule has 9 nitrogen and oxygen atoms in total. The van der Waals surface area contributed by atoms with E-state index in [1.807, 2.05) is 4.90 Å². The van der Waals surface area contributed by atoms with E-state index in [4.69, 9.17) is 33.2 Å². The van der Waals surface area contributed by atoms with Crippen LogP contribution in [0.25, 0.3) is 28.2 Å². The first kappa shape index (κ1) is 23.8. The lowest BCUT2D eigenvalue weighted by Gasteiger charge is -2.33. The van der Waals surface area contributed by atoms with Crippen molar-refractivity contribution < 1.29 is 15.0 Å². The summed E-state index contributed by atoms with van der Waals surface area (Å²) >= 11 is 12.4. The van der Waals surface area contributed by atoms with E-state index in [2.05, 4.69) is 10.3 Å². The lowest BCUT2D eigenvalue weighted by molar-refractivity contribution is -0.133. The number of phenolic OH excluding ortho intramolecular Hbond substituents is 2. The molecule has 1 saturated carbocycles. The monoisotopic (exact) mass is 538 g/mol. The highest BCUT2D eigenvalue weighted by atomic mass is 35.5. The summed E-state index contributed by atoms with van der Waals surface area (Å²) in [5.41, 5.74) is 1.69. The number of aromatic nitrogens is 4. The summed E-state index contributed by atoms with van der Waals surface area (Å²) < 4.78 is 1.77. The van der Waals surface area contributed by atoms with Crippen LogP contribution in [0.3, 0.4) is 0 Å². The summed E-state index contributed by atoms with van der Waals surface area (Å²) in [5.74, 6) is 1.34. The van der Waals surface area contributed by atoms with Gasteiger partial charge in [-0.05, 0) is 49.9 Å². The molecule has 1 aliphatic carbocycles. The van der Waals surface area contributed by atoms with Crippen LogP contribution in [0.1, 0.15) is 25.7 Å². The van der Waals surface area contributed by atoms with Crippen molar-refractivity contribution in [3.05, 3.63) is 52.6 Å². The van der Waals surface area contributed by atoms with Crippen molar-refractivity contribution in [3.8, 4) is 28.7 Å². The Morgan fingerprint density at radius 1 is 1.00 bits per heavy atom. The van der Waals surface area contributed by atoms with Crippen LogP contribution in [0.15, 0.2) is 42.6 Å². The van der Waals surface area contributed by atoms with Crippen LogP contribution < -0.4 is 5.32 Å². The van der Waals surface area contributed by atoms with E-state index < -0.39 is 0 Å². The normalized spacial score (nSPS) is 17.8. The predicted octanol–water partition coefficient (Wildman–Crippen LogP) is 5.01. The maximum Gasteiger partial charge on any atom is 0.225 e. The van der Waals surface area contributed by atoms with Crippen molar-refractivity contribution in [1.82, 2.24) is 24.4 Å². The summed E-state index contributed by atoms with van der Waals surface area (Å²) in [6.07, 6.45) is 5.47. The molecule has 4 aromatic rings. The second-order valence-electron chi connectivity index (χ2n) is 9.51. The third kappa shape index (κ3) is 4.65. The van der Waals surface area contributed by atoms with Crippen LogP contribution in [0.5, 0.6) is 11.5 Å². The smallest absolute Gasteiger partial charge is 0.225 e. The molecule has 2 fully saturated rings. The minimum atomic E-state index is -0.274. The number of phenols is 2. The van der Waals surface area contributed by atoms with Gasteiger partial charge in [0.05, 0.1) is 21.1 Å². The van der Waals surface area contributed by atoms with E-state index in [0.29, 0.717) is 50.8 Å². The summed E-state index contributed by atoms with van der Waals surface area (Å²) in [6.45, 7) is 1.41. The van der Waals surface area contributed by atoms with Crippen molar-refractivity contribution in [3.63, 3.8) is 0 Å². The third-order valence-electron chi connectivity index (χ3n) is 6.79. The topological polar surface area (TPSA) is 116 Å². The molecule has 11 heteroatoms. The molecule has 2 aromatic carbocycles. The molecule has 3 N–H and O–H groups in total. The second-order valence-corrected chi connectivity index (χ2v) is 10.3. The van der Waals surface area contributed by atoms with Crippen molar-refractivity contribution in [2.45, 2.75) is 31.7 Å². The number of rotatable bonds is 5. The molecule has 0 radical (unpaired) electrons. The molecular weight excluding hydrogens is 515 g/mol. The Morgan fingerprint density at radius 3 is 2.59 bits per heavy atom. The molecule has 37 heavy (non-hydrogen) atoms. The molecule has 3 heterocycles. The number of nitrogens with zero attached hydrogens (tertiary/aromatic N) is 5. The Morgan fingerprint density at radius 2 is 1.81 bits per heavy atom. The van der Waals surface area contributed by atoms with Gasteiger partial charge < -0.3 is 20.4 Å². The standard InChI is InChI=1S/C26H24Cl2N6O3/c27-17-6-5-15(10-18(17)28)24-31-19-11-21(35)22(36)12-20(19)34(24)23-7-8-29-26(32-23)30-16-2-1-9-33(13-16)25(37)14-3-4-14/h5-8,10-12,14,16,35-36H,1-4,9,13H2,(H,29,30,32). The Kier molecular flexibility index (Phi) is 6.04. The first-order chi connectivity index (χ1) is 17.9. The van der Waals surface area contributed by atoms with Gasteiger partial charge in [-0.25, -0.2) is 9.97 Å². The van der Waals surface area contributed by atoms with Gasteiger partial charge in [0.15, 0.2) is 11.5 Å². The van der Waals surface area contributed by atoms with Crippen LogP contribution in [0, 0.1) is 5.92 Å². The number of anilines is 1. The SMILES string of the molecule is O=C(C1CC1)N1CCCC(Nc2nccc(-n3c(-c4ccc(Cl)c(Cl)c4)nc4cc(O)c(O)cc43)n2)C1. The highest BCUT2D eigenvalue weighted by Crippen LogP contribution is 2.36. The first-order valence-corrected chi connectivity index (χ1v) is 12.9. The summed E-state index contributed by atoms with van der Waals surface area (Å²) in [5, 5.41) is 24.5. The van der Waals surface area contributed by atoms with E-state index in [-0.39, 0.29) is 29.4 Å². The number of fused-ring (bicyclic) bond motifs is 1. The zero-order valence-electron chi connectivity index (χ0n) is 19.7. The number of likely N-dealkylation sites (tertiary alicyclic amines) is 1. The lowest BCUT2D eigenvalue weighted by atomic mass is 10.1. The lowest BCUT2D eigenvalue weighted by Crippen LogP contribution is -2.45. The quantitative estimate of drug-likeness (QED) is 0.305. The largest absolute Gasteiger partial charge is 0.504 e. The number of carbonyl (C=O) groups excluding carboxylic acids is 1. The van der Waals surface area contributed by atoms with Crippen molar-refractivity contribution in [2.75, 3.05) is 18.4 Å². The Labute approximate surface area is 222 Å². The molecule has 1 amide bonds. The van der Waals surface area contributed by atoms with Crippen molar-refractivity contribution >= 4 is 46.1 Å². The Bertz CT molecular complexity index is 1520. The van der Waals surface area contributed by atoms with Gasteiger partial charge in [-0.15, -0.1) is 0 Å². The minimum Gasteiger partial charge on any atom is -0.504 e. The second kappa shape index (κ2) is 9.39. The number of hydrogen-bond donors (Lipinski definition) is 3.